The van der Waals surface area contributed by atoms with E-state index in [0.717, 1.165) is 23.4 Å². The highest BCUT2D eigenvalue weighted by atomic mass is 16.5. The molecule has 2 aromatic rings. The third-order valence-electron chi connectivity index (χ3n) is 5.18. The smallest absolute Gasteiger partial charge is 0.230 e. The van der Waals surface area contributed by atoms with Crippen molar-refractivity contribution in [1.82, 2.24) is 0 Å². The fourth-order valence-electron chi connectivity index (χ4n) is 3.19. The van der Waals surface area contributed by atoms with Crippen LogP contribution < -0.4 is 15.4 Å². The van der Waals surface area contributed by atoms with Crippen LogP contribution in [0.15, 0.2) is 42.5 Å². The molecule has 0 saturated heterocycles. The zero-order valence-electron chi connectivity index (χ0n) is 19.7. The molecule has 168 valence electrons. The fraction of sp³-hybridized carbons (Fsp3) is 0.462. The maximum Gasteiger partial charge on any atom is 0.230 e. The molecule has 2 amide bonds. The van der Waals surface area contributed by atoms with Crippen molar-refractivity contribution in [3.8, 4) is 5.75 Å². The zero-order valence-corrected chi connectivity index (χ0v) is 19.7. The molecule has 5 heteroatoms. The van der Waals surface area contributed by atoms with E-state index >= 15 is 0 Å². The maximum absolute atomic E-state index is 12.8. The summed E-state index contributed by atoms with van der Waals surface area (Å²) in [7, 11) is 0. The van der Waals surface area contributed by atoms with Crippen LogP contribution in [0.5, 0.6) is 5.75 Å². The second-order valence-corrected chi connectivity index (χ2v) is 9.28. The number of carbonyl (C=O) groups excluding carboxylic acids is 2. The van der Waals surface area contributed by atoms with Gasteiger partial charge in [-0.25, -0.2) is 0 Å². The average molecular weight is 425 g/mol. The van der Waals surface area contributed by atoms with Crippen molar-refractivity contribution < 1.29 is 14.3 Å². The van der Waals surface area contributed by atoms with Crippen molar-refractivity contribution in [1.29, 1.82) is 0 Å². The van der Waals surface area contributed by atoms with Crippen LogP contribution in [0, 0.1) is 25.2 Å². The summed E-state index contributed by atoms with van der Waals surface area (Å²) in [6, 6.07) is 13.4. The van der Waals surface area contributed by atoms with Crippen LogP contribution in [0.3, 0.4) is 0 Å². The van der Waals surface area contributed by atoms with Crippen LogP contribution in [0.25, 0.3) is 0 Å². The third-order valence-corrected chi connectivity index (χ3v) is 5.18. The third kappa shape index (κ3) is 8.08. The first-order valence-corrected chi connectivity index (χ1v) is 11.0. The van der Waals surface area contributed by atoms with Crippen LogP contribution in [-0.2, 0) is 9.59 Å². The lowest BCUT2D eigenvalue weighted by Crippen LogP contribution is -2.31. The first-order chi connectivity index (χ1) is 14.6. The van der Waals surface area contributed by atoms with E-state index in [4.69, 9.17) is 4.74 Å². The van der Waals surface area contributed by atoms with Gasteiger partial charge < -0.3 is 15.4 Å². The summed E-state index contributed by atoms with van der Waals surface area (Å²) in [6.45, 7) is 12.6. The van der Waals surface area contributed by atoms with Gasteiger partial charge in [0.2, 0.25) is 11.8 Å². The van der Waals surface area contributed by atoms with Gasteiger partial charge >= 0.3 is 0 Å². The lowest BCUT2D eigenvalue weighted by Gasteiger charge is -2.24. The molecule has 0 unspecified atom stereocenters. The van der Waals surface area contributed by atoms with E-state index in [0.29, 0.717) is 31.1 Å². The van der Waals surface area contributed by atoms with Crippen molar-refractivity contribution in [3.05, 3.63) is 53.6 Å². The first-order valence-electron chi connectivity index (χ1n) is 11.0. The van der Waals surface area contributed by atoms with E-state index in [2.05, 4.69) is 22.8 Å². The minimum absolute atomic E-state index is 0.00371. The second kappa shape index (κ2) is 11.0. The van der Waals surface area contributed by atoms with Gasteiger partial charge in [0.25, 0.3) is 0 Å². The molecule has 0 spiro atoms. The topological polar surface area (TPSA) is 67.4 Å². The predicted octanol–water partition coefficient (Wildman–Crippen LogP) is 6.11. The molecule has 0 aromatic heterocycles. The average Bonchev–Trinajstić information content (AvgIpc) is 2.68. The molecule has 0 aliphatic carbocycles. The van der Waals surface area contributed by atoms with Gasteiger partial charge in [-0.15, -0.1) is 0 Å². The zero-order chi connectivity index (χ0) is 23.0. The lowest BCUT2D eigenvalue weighted by atomic mass is 9.87. The van der Waals surface area contributed by atoms with Gasteiger partial charge in [0.05, 0.1) is 6.61 Å². The number of benzene rings is 2. The van der Waals surface area contributed by atoms with Gasteiger partial charge in [-0.3, -0.25) is 9.59 Å². The van der Waals surface area contributed by atoms with Crippen molar-refractivity contribution in [2.75, 3.05) is 17.2 Å². The fourth-order valence-corrected chi connectivity index (χ4v) is 3.19. The number of ether oxygens (including phenoxy) is 1. The molecule has 0 atom stereocenters. The number of hydrogen-bond donors (Lipinski definition) is 2. The SMILES string of the molecule is Cc1ccc(C)c(OCCCC(C)(C)C(=O)Nc2ccc(NC(=O)CC(C)C)cc2)c1. The molecule has 31 heavy (non-hydrogen) atoms. The molecule has 0 aliphatic rings. The minimum Gasteiger partial charge on any atom is -0.493 e. The number of amides is 2. The second-order valence-electron chi connectivity index (χ2n) is 9.28. The molecular formula is C26H36N2O3. The minimum atomic E-state index is -0.519. The van der Waals surface area contributed by atoms with Gasteiger partial charge in [0.15, 0.2) is 0 Å². The summed E-state index contributed by atoms with van der Waals surface area (Å²) in [5, 5.41) is 5.85. The molecular weight excluding hydrogens is 388 g/mol. The van der Waals surface area contributed by atoms with Crippen molar-refractivity contribution in [3.63, 3.8) is 0 Å². The van der Waals surface area contributed by atoms with Crippen LogP contribution in [-0.4, -0.2) is 18.4 Å². The molecule has 0 heterocycles. The molecule has 2 N–H and O–H groups in total. The molecule has 0 radical (unpaired) electrons. The standard InChI is InChI=1S/C26H36N2O3/c1-18(2)16-24(29)27-21-10-12-22(13-11-21)28-25(30)26(5,6)14-7-15-31-23-17-19(3)8-9-20(23)4/h8-13,17-18H,7,14-16H2,1-6H3,(H,27,29)(H,28,30). The Bertz CT molecular complexity index is 886. The van der Waals surface area contributed by atoms with E-state index in [9.17, 15) is 9.59 Å². The number of rotatable bonds is 10. The van der Waals surface area contributed by atoms with E-state index in [-0.39, 0.29) is 11.8 Å². The summed E-state index contributed by atoms with van der Waals surface area (Å²) < 4.78 is 5.91. The van der Waals surface area contributed by atoms with Gasteiger partial charge in [-0.2, -0.15) is 0 Å². The molecule has 2 rings (SSSR count). The Morgan fingerprint density at radius 3 is 2.19 bits per heavy atom. The number of nitrogens with one attached hydrogen (secondary N) is 2. The van der Waals surface area contributed by atoms with Crippen LogP contribution >= 0.6 is 0 Å². The Hall–Kier alpha value is -2.82. The van der Waals surface area contributed by atoms with E-state index in [1.165, 1.54) is 5.56 Å². The number of anilines is 2. The van der Waals surface area contributed by atoms with Crippen molar-refractivity contribution in [2.24, 2.45) is 11.3 Å². The summed E-state index contributed by atoms with van der Waals surface area (Å²) >= 11 is 0. The molecule has 0 saturated carbocycles. The Labute approximate surface area is 186 Å². The first kappa shape index (κ1) is 24.4. The van der Waals surface area contributed by atoms with Gasteiger partial charge in [0.1, 0.15) is 5.75 Å². The summed E-state index contributed by atoms with van der Waals surface area (Å²) in [5.41, 5.74) is 3.21. The summed E-state index contributed by atoms with van der Waals surface area (Å²) in [6.07, 6.45) is 1.99. The summed E-state index contributed by atoms with van der Waals surface area (Å²) in [4.78, 5) is 24.6. The Kier molecular flexibility index (Phi) is 8.66. The Balaban J connectivity index is 1.81. The Morgan fingerprint density at radius 1 is 0.968 bits per heavy atom. The van der Waals surface area contributed by atoms with E-state index in [1.54, 1.807) is 12.1 Å². The van der Waals surface area contributed by atoms with Crippen LogP contribution in [0.1, 0.15) is 58.1 Å². The molecule has 0 bridgehead atoms. The number of carbonyl (C=O) groups is 2. The number of aryl methyl sites for hydroxylation is 2. The highest BCUT2D eigenvalue weighted by molar-refractivity contribution is 5.95. The monoisotopic (exact) mass is 424 g/mol. The van der Waals surface area contributed by atoms with Crippen LogP contribution in [0.4, 0.5) is 11.4 Å². The highest BCUT2D eigenvalue weighted by Gasteiger charge is 2.27. The maximum atomic E-state index is 12.8. The number of hydrogen-bond acceptors (Lipinski definition) is 3. The molecule has 0 fully saturated rings. The molecule has 0 aliphatic heterocycles. The highest BCUT2D eigenvalue weighted by Crippen LogP contribution is 2.26. The van der Waals surface area contributed by atoms with Crippen molar-refractivity contribution >= 4 is 23.2 Å². The van der Waals surface area contributed by atoms with Crippen LogP contribution in [0.2, 0.25) is 0 Å². The lowest BCUT2D eigenvalue weighted by molar-refractivity contribution is -0.124. The predicted molar refractivity (Wildman–Crippen MR) is 128 cm³/mol. The largest absolute Gasteiger partial charge is 0.493 e. The molecule has 2 aromatic carbocycles. The normalized spacial score (nSPS) is 11.3. The van der Waals surface area contributed by atoms with E-state index in [1.807, 2.05) is 59.7 Å². The quantitative estimate of drug-likeness (QED) is 0.452. The molecule has 5 nitrogen and oxygen atoms in total. The van der Waals surface area contributed by atoms with Crippen molar-refractivity contribution in [2.45, 2.75) is 60.8 Å². The van der Waals surface area contributed by atoms with E-state index < -0.39 is 5.41 Å². The van der Waals surface area contributed by atoms with Gasteiger partial charge in [-0.05, 0) is 74.1 Å². The van der Waals surface area contributed by atoms with Gasteiger partial charge in [-0.1, -0.05) is 39.8 Å². The van der Waals surface area contributed by atoms with Gasteiger partial charge in [0, 0.05) is 23.2 Å². The Morgan fingerprint density at radius 2 is 1.58 bits per heavy atom. The summed E-state index contributed by atoms with van der Waals surface area (Å²) in [5.74, 6) is 1.18.